The van der Waals surface area contributed by atoms with Gasteiger partial charge in [0.05, 0.1) is 6.20 Å². The fraction of sp³-hybridized carbons (Fsp3) is 0.636. The number of hydrogen-bond donors (Lipinski definition) is 2. The van der Waals surface area contributed by atoms with E-state index in [1.807, 2.05) is 27.1 Å². The predicted molar refractivity (Wildman–Crippen MR) is 61.2 cm³/mol. The van der Waals surface area contributed by atoms with Gasteiger partial charge < -0.3 is 10.4 Å². The van der Waals surface area contributed by atoms with Gasteiger partial charge in [-0.2, -0.15) is 5.10 Å². The topological polar surface area (TPSA) is 67.2 Å². The zero-order valence-electron chi connectivity index (χ0n) is 9.97. The van der Waals surface area contributed by atoms with Crippen molar-refractivity contribution < 1.29 is 9.90 Å². The molecule has 0 radical (unpaired) electrons. The maximum atomic E-state index is 10.9. The van der Waals surface area contributed by atoms with E-state index in [4.69, 9.17) is 5.11 Å². The van der Waals surface area contributed by atoms with Gasteiger partial charge in [0.15, 0.2) is 0 Å². The summed E-state index contributed by atoms with van der Waals surface area (Å²) in [5.74, 6) is -0.701. The standard InChI is InChI=1S/C11H19N3O2/c1-8(2)10(11(15)16)12-5-4-9-6-13-14(3)7-9/h6-8,10,12H,4-5H2,1-3H3,(H,15,16). The highest BCUT2D eigenvalue weighted by Crippen LogP contribution is 2.02. The van der Waals surface area contributed by atoms with E-state index >= 15 is 0 Å². The predicted octanol–water partition coefficient (Wildman–Crippen LogP) is 0.661. The lowest BCUT2D eigenvalue weighted by atomic mass is 10.0. The van der Waals surface area contributed by atoms with E-state index in [0.717, 1.165) is 12.0 Å². The van der Waals surface area contributed by atoms with Crippen LogP contribution in [0.1, 0.15) is 19.4 Å². The molecule has 0 saturated carbocycles. The summed E-state index contributed by atoms with van der Waals surface area (Å²) in [5, 5.41) is 16.1. The van der Waals surface area contributed by atoms with E-state index in [1.165, 1.54) is 0 Å². The number of carboxylic acid groups (broad SMARTS) is 1. The number of rotatable bonds is 6. The van der Waals surface area contributed by atoms with E-state index < -0.39 is 12.0 Å². The zero-order chi connectivity index (χ0) is 12.1. The molecule has 0 spiro atoms. The molecule has 5 heteroatoms. The average molecular weight is 225 g/mol. The molecule has 0 saturated heterocycles. The van der Waals surface area contributed by atoms with E-state index in [-0.39, 0.29) is 5.92 Å². The van der Waals surface area contributed by atoms with Gasteiger partial charge in [-0.15, -0.1) is 0 Å². The Morgan fingerprint density at radius 2 is 2.31 bits per heavy atom. The molecule has 5 nitrogen and oxygen atoms in total. The highest BCUT2D eigenvalue weighted by molar-refractivity contribution is 5.73. The summed E-state index contributed by atoms with van der Waals surface area (Å²) < 4.78 is 1.74. The zero-order valence-corrected chi connectivity index (χ0v) is 9.97. The quantitative estimate of drug-likeness (QED) is 0.746. The molecule has 90 valence electrons. The number of aromatic nitrogens is 2. The molecular weight excluding hydrogens is 206 g/mol. The van der Waals surface area contributed by atoms with Crippen molar-refractivity contribution in [3.63, 3.8) is 0 Å². The van der Waals surface area contributed by atoms with Crippen LogP contribution in [0, 0.1) is 5.92 Å². The molecule has 1 rings (SSSR count). The molecule has 1 aromatic heterocycles. The Labute approximate surface area is 95.5 Å². The van der Waals surface area contributed by atoms with Crippen LogP contribution in [-0.2, 0) is 18.3 Å². The van der Waals surface area contributed by atoms with E-state index in [0.29, 0.717) is 6.54 Å². The number of hydrogen-bond acceptors (Lipinski definition) is 3. The Morgan fingerprint density at radius 1 is 1.62 bits per heavy atom. The Kier molecular flexibility index (Phi) is 4.49. The summed E-state index contributed by atoms with van der Waals surface area (Å²) in [6, 6.07) is -0.475. The Hall–Kier alpha value is -1.36. The lowest BCUT2D eigenvalue weighted by Crippen LogP contribution is -2.41. The van der Waals surface area contributed by atoms with Crippen LogP contribution in [0.5, 0.6) is 0 Å². The minimum atomic E-state index is -0.791. The molecule has 1 heterocycles. The van der Waals surface area contributed by atoms with E-state index in [9.17, 15) is 4.79 Å². The van der Waals surface area contributed by atoms with Gasteiger partial charge in [0.1, 0.15) is 6.04 Å². The SMILES string of the molecule is CC(C)C(NCCc1cnn(C)c1)C(=O)O. The van der Waals surface area contributed by atoms with Gasteiger partial charge in [0.25, 0.3) is 0 Å². The highest BCUT2D eigenvalue weighted by atomic mass is 16.4. The lowest BCUT2D eigenvalue weighted by molar-refractivity contribution is -0.140. The van der Waals surface area contributed by atoms with Gasteiger partial charge >= 0.3 is 5.97 Å². The second-order valence-electron chi connectivity index (χ2n) is 4.29. The summed E-state index contributed by atoms with van der Waals surface area (Å²) in [5.41, 5.74) is 1.11. The number of aliphatic carboxylic acids is 1. The fourth-order valence-electron chi connectivity index (χ4n) is 1.58. The largest absolute Gasteiger partial charge is 0.480 e. The summed E-state index contributed by atoms with van der Waals surface area (Å²) in [4.78, 5) is 10.9. The minimum absolute atomic E-state index is 0.0893. The first-order valence-electron chi connectivity index (χ1n) is 5.44. The van der Waals surface area contributed by atoms with Crippen LogP contribution in [0.3, 0.4) is 0 Å². The number of nitrogens with one attached hydrogen (secondary N) is 1. The van der Waals surface area contributed by atoms with Crippen molar-refractivity contribution in [2.45, 2.75) is 26.3 Å². The Morgan fingerprint density at radius 3 is 2.75 bits per heavy atom. The molecular formula is C11H19N3O2. The van der Waals surface area contributed by atoms with Crippen molar-refractivity contribution in [2.24, 2.45) is 13.0 Å². The normalized spacial score (nSPS) is 13.0. The molecule has 16 heavy (non-hydrogen) atoms. The molecule has 0 bridgehead atoms. The summed E-state index contributed by atoms with van der Waals surface area (Å²) >= 11 is 0. The maximum Gasteiger partial charge on any atom is 0.320 e. The smallest absolute Gasteiger partial charge is 0.320 e. The van der Waals surface area contributed by atoms with Crippen LogP contribution in [0.25, 0.3) is 0 Å². The van der Waals surface area contributed by atoms with Crippen molar-refractivity contribution >= 4 is 5.97 Å². The average Bonchev–Trinajstić information content (AvgIpc) is 2.57. The molecule has 2 N–H and O–H groups in total. The van der Waals surface area contributed by atoms with Gasteiger partial charge in [-0.25, -0.2) is 0 Å². The summed E-state index contributed by atoms with van der Waals surface area (Å²) in [7, 11) is 1.87. The van der Waals surface area contributed by atoms with Crippen LogP contribution in [0.4, 0.5) is 0 Å². The second kappa shape index (κ2) is 5.65. The first-order chi connectivity index (χ1) is 7.50. The van der Waals surface area contributed by atoms with Crippen LogP contribution < -0.4 is 5.32 Å². The molecule has 0 aliphatic heterocycles. The van der Waals surface area contributed by atoms with Crippen LogP contribution in [-0.4, -0.2) is 33.4 Å². The van der Waals surface area contributed by atoms with Gasteiger partial charge in [0.2, 0.25) is 0 Å². The molecule has 0 fully saturated rings. The van der Waals surface area contributed by atoms with Gasteiger partial charge in [0, 0.05) is 19.8 Å². The molecule has 0 aliphatic carbocycles. The first kappa shape index (κ1) is 12.7. The van der Waals surface area contributed by atoms with Crippen molar-refractivity contribution in [2.75, 3.05) is 6.54 Å². The molecule has 0 aliphatic rings. The molecule has 0 amide bonds. The van der Waals surface area contributed by atoms with Gasteiger partial charge in [-0.05, 0) is 17.9 Å². The molecule has 1 atom stereocenters. The van der Waals surface area contributed by atoms with Crippen molar-refractivity contribution in [3.05, 3.63) is 18.0 Å². The monoisotopic (exact) mass is 225 g/mol. The third-order valence-electron chi connectivity index (χ3n) is 2.47. The number of aryl methyl sites for hydroxylation is 1. The highest BCUT2D eigenvalue weighted by Gasteiger charge is 2.19. The van der Waals surface area contributed by atoms with Crippen LogP contribution >= 0.6 is 0 Å². The van der Waals surface area contributed by atoms with Gasteiger partial charge in [-0.3, -0.25) is 9.48 Å². The number of nitrogens with zero attached hydrogens (tertiary/aromatic N) is 2. The lowest BCUT2D eigenvalue weighted by Gasteiger charge is -2.17. The second-order valence-corrected chi connectivity index (χ2v) is 4.29. The van der Waals surface area contributed by atoms with Crippen molar-refractivity contribution in [3.8, 4) is 0 Å². The number of carbonyl (C=O) groups is 1. The third kappa shape index (κ3) is 3.66. The number of carboxylic acids is 1. The van der Waals surface area contributed by atoms with Crippen molar-refractivity contribution in [1.29, 1.82) is 0 Å². The maximum absolute atomic E-state index is 10.9. The van der Waals surface area contributed by atoms with Crippen LogP contribution in [0.2, 0.25) is 0 Å². The summed E-state index contributed by atoms with van der Waals surface area (Å²) in [6.07, 6.45) is 4.53. The Bertz CT molecular complexity index is 347. The summed E-state index contributed by atoms with van der Waals surface area (Å²) in [6.45, 7) is 4.45. The van der Waals surface area contributed by atoms with Crippen LogP contribution in [0.15, 0.2) is 12.4 Å². The van der Waals surface area contributed by atoms with E-state index in [1.54, 1.807) is 10.9 Å². The molecule has 1 unspecified atom stereocenters. The van der Waals surface area contributed by atoms with E-state index in [2.05, 4.69) is 10.4 Å². The molecule has 0 aromatic carbocycles. The van der Waals surface area contributed by atoms with Crippen molar-refractivity contribution in [1.82, 2.24) is 15.1 Å². The minimum Gasteiger partial charge on any atom is -0.480 e. The molecule has 1 aromatic rings. The van der Waals surface area contributed by atoms with Gasteiger partial charge in [-0.1, -0.05) is 13.8 Å². The third-order valence-corrected chi connectivity index (χ3v) is 2.47. The fourth-order valence-corrected chi connectivity index (χ4v) is 1.58. The first-order valence-corrected chi connectivity index (χ1v) is 5.44. The Balaban J connectivity index is 2.36.